The SMILES string of the molecule is Cc1nc(C)c(C(=O)Nc2cccc(-c3ccc(N4CCCCCC4)nn3)c2)s1. The van der Waals surface area contributed by atoms with E-state index < -0.39 is 0 Å². The molecule has 150 valence electrons. The third-order valence-electron chi connectivity index (χ3n) is 5.11. The Kier molecular flexibility index (Phi) is 5.85. The van der Waals surface area contributed by atoms with Crippen molar-refractivity contribution >= 4 is 28.7 Å². The minimum absolute atomic E-state index is 0.132. The van der Waals surface area contributed by atoms with Gasteiger partial charge in [0.05, 0.1) is 16.4 Å². The van der Waals surface area contributed by atoms with Crippen molar-refractivity contribution in [2.75, 3.05) is 23.3 Å². The summed E-state index contributed by atoms with van der Waals surface area (Å²) < 4.78 is 0. The highest BCUT2D eigenvalue weighted by atomic mass is 32.1. The van der Waals surface area contributed by atoms with Gasteiger partial charge in [-0.05, 0) is 51.0 Å². The molecule has 29 heavy (non-hydrogen) atoms. The Morgan fingerprint density at radius 3 is 2.48 bits per heavy atom. The first kappa shape index (κ1) is 19.5. The van der Waals surface area contributed by atoms with Crippen LogP contribution >= 0.6 is 11.3 Å². The number of carbonyl (C=O) groups is 1. The van der Waals surface area contributed by atoms with Crippen molar-refractivity contribution < 1.29 is 4.79 Å². The number of amides is 1. The summed E-state index contributed by atoms with van der Waals surface area (Å²) in [7, 11) is 0. The number of benzene rings is 1. The lowest BCUT2D eigenvalue weighted by molar-refractivity contribution is 0.103. The average Bonchev–Trinajstić information content (AvgIpc) is 2.92. The smallest absolute Gasteiger partial charge is 0.267 e. The van der Waals surface area contributed by atoms with E-state index in [0.29, 0.717) is 4.88 Å². The Morgan fingerprint density at radius 1 is 1.03 bits per heavy atom. The summed E-state index contributed by atoms with van der Waals surface area (Å²) in [4.78, 5) is 19.9. The molecule has 1 fully saturated rings. The molecule has 3 heterocycles. The van der Waals surface area contributed by atoms with Gasteiger partial charge in [-0.3, -0.25) is 4.79 Å². The zero-order chi connectivity index (χ0) is 20.2. The molecule has 6 nitrogen and oxygen atoms in total. The Hall–Kier alpha value is -2.80. The molecule has 1 aliphatic rings. The summed E-state index contributed by atoms with van der Waals surface area (Å²) in [5.74, 6) is 0.809. The Bertz CT molecular complexity index is 991. The summed E-state index contributed by atoms with van der Waals surface area (Å²) in [6.45, 7) is 5.86. The van der Waals surface area contributed by atoms with Gasteiger partial charge in [0.1, 0.15) is 4.88 Å². The molecule has 0 bridgehead atoms. The molecular formula is C22H25N5OS. The number of aromatic nitrogens is 3. The van der Waals surface area contributed by atoms with Crippen LogP contribution in [0.3, 0.4) is 0 Å². The fourth-order valence-corrected chi connectivity index (χ4v) is 4.45. The number of nitrogens with zero attached hydrogens (tertiary/aromatic N) is 4. The first-order valence-electron chi connectivity index (χ1n) is 10.0. The zero-order valence-electron chi connectivity index (χ0n) is 16.8. The van der Waals surface area contributed by atoms with Crippen molar-refractivity contribution in [3.05, 3.63) is 52.0 Å². The zero-order valence-corrected chi connectivity index (χ0v) is 17.6. The highest BCUT2D eigenvalue weighted by molar-refractivity contribution is 7.13. The minimum Gasteiger partial charge on any atom is -0.355 e. The minimum atomic E-state index is -0.132. The van der Waals surface area contributed by atoms with Crippen molar-refractivity contribution in [2.24, 2.45) is 0 Å². The van der Waals surface area contributed by atoms with Gasteiger partial charge >= 0.3 is 0 Å². The number of rotatable bonds is 4. The van der Waals surface area contributed by atoms with Crippen LogP contribution in [0.4, 0.5) is 11.5 Å². The molecule has 1 aromatic carbocycles. The van der Waals surface area contributed by atoms with Crippen molar-refractivity contribution in [1.29, 1.82) is 0 Å². The second kappa shape index (κ2) is 8.69. The predicted octanol–water partition coefficient (Wildman–Crippen LogP) is 4.85. The lowest BCUT2D eigenvalue weighted by Gasteiger charge is -2.20. The quantitative estimate of drug-likeness (QED) is 0.669. The van der Waals surface area contributed by atoms with Gasteiger partial charge in [-0.15, -0.1) is 21.5 Å². The molecule has 0 aliphatic carbocycles. The van der Waals surface area contributed by atoms with Gasteiger partial charge in [0.15, 0.2) is 5.82 Å². The number of anilines is 2. The number of nitrogens with one attached hydrogen (secondary N) is 1. The van der Waals surface area contributed by atoms with E-state index in [1.54, 1.807) is 0 Å². The maximum absolute atomic E-state index is 12.6. The fourth-order valence-electron chi connectivity index (χ4n) is 3.63. The topological polar surface area (TPSA) is 71.0 Å². The lowest BCUT2D eigenvalue weighted by atomic mass is 10.1. The van der Waals surface area contributed by atoms with E-state index in [4.69, 9.17) is 0 Å². The van der Waals surface area contributed by atoms with Crippen molar-refractivity contribution in [1.82, 2.24) is 15.2 Å². The summed E-state index contributed by atoms with van der Waals surface area (Å²) in [5, 5.41) is 12.8. The molecule has 0 atom stereocenters. The predicted molar refractivity (Wildman–Crippen MR) is 118 cm³/mol. The highest BCUT2D eigenvalue weighted by Gasteiger charge is 2.15. The molecule has 0 spiro atoms. The lowest BCUT2D eigenvalue weighted by Crippen LogP contribution is -2.25. The first-order chi connectivity index (χ1) is 14.1. The maximum Gasteiger partial charge on any atom is 0.267 e. The van der Waals surface area contributed by atoms with Crippen LogP contribution in [0.5, 0.6) is 0 Å². The summed E-state index contributed by atoms with van der Waals surface area (Å²) in [5.41, 5.74) is 3.21. The van der Waals surface area contributed by atoms with Crippen LogP contribution in [0.2, 0.25) is 0 Å². The van der Waals surface area contributed by atoms with E-state index in [1.165, 1.54) is 37.0 Å². The second-order valence-corrected chi connectivity index (χ2v) is 8.56. The van der Waals surface area contributed by atoms with Gasteiger partial charge in [0.25, 0.3) is 5.91 Å². The number of hydrogen-bond acceptors (Lipinski definition) is 6. The van der Waals surface area contributed by atoms with E-state index in [1.807, 2.05) is 50.2 Å². The molecule has 7 heteroatoms. The second-order valence-electron chi connectivity index (χ2n) is 7.36. The largest absolute Gasteiger partial charge is 0.355 e. The van der Waals surface area contributed by atoms with Gasteiger partial charge in [0.2, 0.25) is 0 Å². The van der Waals surface area contributed by atoms with Gasteiger partial charge in [-0.2, -0.15) is 0 Å². The van der Waals surface area contributed by atoms with Crippen LogP contribution in [-0.4, -0.2) is 34.2 Å². The molecule has 1 amide bonds. The number of hydrogen-bond donors (Lipinski definition) is 1. The summed E-state index contributed by atoms with van der Waals surface area (Å²) >= 11 is 1.41. The molecule has 0 unspecified atom stereocenters. The molecule has 1 saturated heterocycles. The van der Waals surface area contributed by atoms with Gasteiger partial charge in [-0.25, -0.2) is 4.98 Å². The van der Waals surface area contributed by atoms with Crippen LogP contribution in [0.15, 0.2) is 36.4 Å². The summed E-state index contributed by atoms with van der Waals surface area (Å²) in [6.07, 6.45) is 5.01. The molecule has 1 N–H and O–H groups in total. The number of thiazole rings is 1. The van der Waals surface area contributed by atoms with Gasteiger partial charge in [-0.1, -0.05) is 25.0 Å². The molecule has 3 aromatic rings. The van der Waals surface area contributed by atoms with E-state index in [2.05, 4.69) is 25.4 Å². The normalized spacial score (nSPS) is 14.5. The fraction of sp³-hybridized carbons (Fsp3) is 0.364. The van der Waals surface area contributed by atoms with Crippen LogP contribution in [0, 0.1) is 13.8 Å². The number of aryl methyl sites for hydroxylation is 2. The van der Waals surface area contributed by atoms with Crippen molar-refractivity contribution in [2.45, 2.75) is 39.5 Å². The molecule has 0 radical (unpaired) electrons. The monoisotopic (exact) mass is 407 g/mol. The Labute approximate surface area is 175 Å². The molecule has 0 saturated carbocycles. The van der Waals surface area contributed by atoms with Crippen molar-refractivity contribution in [3.63, 3.8) is 0 Å². The van der Waals surface area contributed by atoms with Crippen LogP contribution in [0.1, 0.15) is 46.1 Å². The van der Waals surface area contributed by atoms with Crippen LogP contribution < -0.4 is 10.2 Å². The van der Waals surface area contributed by atoms with E-state index in [9.17, 15) is 4.79 Å². The molecule has 4 rings (SSSR count). The van der Waals surface area contributed by atoms with Gasteiger partial charge < -0.3 is 10.2 Å². The summed E-state index contributed by atoms with van der Waals surface area (Å²) in [6, 6.07) is 11.8. The maximum atomic E-state index is 12.6. The van der Waals surface area contributed by atoms with E-state index >= 15 is 0 Å². The average molecular weight is 408 g/mol. The van der Waals surface area contributed by atoms with Crippen LogP contribution in [-0.2, 0) is 0 Å². The molecular weight excluding hydrogens is 382 g/mol. The molecule has 1 aliphatic heterocycles. The molecule has 2 aromatic heterocycles. The third kappa shape index (κ3) is 4.62. The number of carbonyl (C=O) groups excluding carboxylic acids is 1. The first-order valence-corrected chi connectivity index (χ1v) is 10.9. The van der Waals surface area contributed by atoms with E-state index in [-0.39, 0.29) is 5.91 Å². The van der Waals surface area contributed by atoms with Gasteiger partial charge in [0, 0.05) is 24.3 Å². The van der Waals surface area contributed by atoms with E-state index in [0.717, 1.165) is 46.6 Å². The van der Waals surface area contributed by atoms with Crippen molar-refractivity contribution in [3.8, 4) is 11.3 Å². The highest BCUT2D eigenvalue weighted by Crippen LogP contribution is 2.24. The Balaban J connectivity index is 1.49. The third-order valence-corrected chi connectivity index (χ3v) is 6.18. The van der Waals surface area contributed by atoms with Crippen LogP contribution in [0.25, 0.3) is 11.3 Å². The standard InChI is InChI=1S/C22H25N5OS/c1-15-21(29-16(2)23-15)22(28)24-18-9-7-8-17(14-18)19-10-11-20(26-25-19)27-12-5-3-4-6-13-27/h7-11,14H,3-6,12-13H2,1-2H3,(H,24,28). The Morgan fingerprint density at radius 2 is 1.83 bits per heavy atom.